The molecule has 2 N–H and O–H groups in total. The Labute approximate surface area is 163 Å². The van der Waals surface area contributed by atoms with Gasteiger partial charge in [-0.25, -0.2) is 4.79 Å². The van der Waals surface area contributed by atoms with Crippen LogP contribution in [-0.2, 0) is 23.1 Å². The van der Waals surface area contributed by atoms with Crippen LogP contribution in [0.4, 0.5) is 0 Å². The zero-order chi connectivity index (χ0) is 20.0. The molecule has 0 saturated carbocycles. The average Bonchev–Trinajstić information content (AvgIpc) is 2.99. The number of hydrogen-bond donors (Lipinski definition) is 2. The number of thioether (sulfide) groups is 1. The fourth-order valence-electron chi connectivity index (χ4n) is 2.71. The summed E-state index contributed by atoms with van der Waals surface area (Å²) in [7, 11) is 1.73. The molecule has 7 heteroatoms. The number of aryl methyl sites for hydroxylation is 1. The van der Waals surface area contributed by atoms with E-state index in [1.165, 1.54) is 11.8 Å². The number of carboxylic acids is 1. The molecular weight excluding hydrogens is 364 g/mol. The number of rotatable bonds is 9. The summed E-state index contributed by atoms with van der Waals surface area (Å²) in [5, 5.41) is 11.8. The van der Waals surface area contributed by atoms with Crippen molar-refractivity contribution in [2.24, 2.45) is 7.05 Å². The Balaban J connectivity index is 2.08. The lowest BCUT2D eigenvalue weighted by atomic mass is 10.1. The molecule has 0 aliphatic carbocycles. The van der Waals surface area contributed by atoms with Gasteiger partial charge in [0.1, 0.15) is 6.04 Å². The highest BCUT2D eigenvalue weighted by Crippen LogP contribution is 2.15. The third kappa shape index (κ3) is 5.47. The largest absolute Gasteiger partial charge is 0.480 e. The number of carbonyl (C=O) groups is 3. The number of nitrogens with zero attached hydrogens (tertiary/aromatic N) is 1. The third-order valence-corrected chi connectivity index (χ3v) is 5.00. The molecule has 0 saturated heterocycles. The Morgan fingerprint density at radius 1 is 1.15 bits per heavy atom. The van der Waals surface area contributed by atoms with E-state index in [2.05, 4.69) is 5.32 Å². The Morgan fingerprint density at radius 2 is 1.81 bits per heavy atom. The number of amides is 1. The lowest BCUT2D eigenvalue weighted by molar-refractivity contribution is -0.141. The SMILES string of the molecule is CSCC[C@H](NC(=O)Cc1ccc(C(=O)c2ccc(C)cc2)n1C)C(=O)O. The zero-order valence-electron chi connectivity index (χ0n) is 15.7. The number of benzene rings is 1. The van der Waals surface area contributed by atoms with Gasteiger partial charge in [-0.05, 0) is 37.5 Å². The van der Waals surface area contributed by atoms with Crippen molar-refractivity contribution in [2.75, 3.05) is 12.0 Å². The normalized spacial score (nSPS) is 11.8. The molecule has 144 valence electrons. The number of ketones is 1. The molecule has 0 radical (unpaired) electrons. The predicted molar refractivity (Wildman–Crippen MR) is 106 cm³/mol. The maximum absolute atomic E-state index is 12.7. The highest BCUT2D eigenvalue weighted by molar-refractivity contribution is 7.98. The summed E-state index contributed by atoms with van der Waals surface area (Å²) in [5.74, 6) is -0.887. The van der Waals surface area contributed by atoms with Gasteiger partial charge in [-0.15, -0.1) is 0 Å². The fraction of sp³-hybridized carbons (Fsp3) is 0.350. The van der Waals surface area contributed by atoms with Gasteiger partial charge in [0.15, 0.2) is 0 Å². The molecule has 1 aromatic carbocycles. The summed E-state index contributed by atoms with van der Waals surface area (Å²) >= 11 is 1.53. The van der Waals surface area contributed by atoms with Crippen LogP contribution in [0.3, 0.4) is 0 Å². The number of nitrogens with one attached hydrogen (secondary N) is 1. The van der Waals surface area contributed by atoms with Crippen LogP contribution in [0.2, 0.25) is 0 Å². The highest BCUT2D eigenvalue weighted by atomic mass is 32.2. The second kappa shape index (κ2) is 9.41. The first kappa shape index (κ1) is 20.8. The molecule has 0 aliphatic rings. The average molecular weight is 388 g/mol. The van der Waals surface area contributed by atoms with Crippen LogP contribution in [-0.4, -0.2) is 45.4 Å². The molecule has 1 aromatic heterocycles. The number of carbonyl (C=O) groups excluding carboxylic acids is 2. The van der Waals surface area contributed by atoms with E-state index in [1.807, 2.05) is 25.3 Å². The molecule has 0 bridgehead atoms. The summed E-state index contributed by atoms with van der Waals surface area (Å²) in [6.07, 6.45) is 2.27. The molecule has 2 aromatic rings. The van der Waals surface area contributed by atoms with E-state index in [9.17, 15) is 19.5 Å². The van der Waals surface area contributed by atoms with Crippen LogP contribution in [0.1, 0.15) is 33.7 Å². The molecular formula is C20H24N2O4S. The number of hydrogen-bond acceptors (Lipinski definition) is 4. The summed E-state index contributed by atoms with van der Waals surface area (Å²) < 4.78 is 1.68. The van der Waals surface area contributed by atoms with E-state index < -0.39 is 12.0 Å². The van der Waals surface area contributed by atoms with Crippen molar-refractivity contribution >= 4 is 29.4 Å². The second-order valence-electron chi connectivity index (χ2n) is 6.38. The molecule has 0 unspecified atom stereocenters. The van der Waals surface area contributed by atoms with Gasteiger partial charge in [-0.2, -0.15) is 11.8 Å². The van der Waals surface area contributed by atoms with Crippen molar-refractivity contribution in [3.05, 3.63) is 58.9 Å². The van der Waals surface area contributed by atoms with Gasteiger partial charge in [-0.3, -0.25) is 9.59 Å². The fourth-order valence-corrected chi connectivity index (χ4v) is 3.19. The summed E-state index contributed by atoms with van der Waals surface area (Å²) in [6, 6.07) is 9.82. The van der Waals surface area contributed by atoms with Crippen molar-refractivity contribution in [2.45, 2.75) is 25.8 Å². The van der Waals surface area contributed by atoms with Crippen LogP contribution in [0.15, 0.2) is 36.4 Å². The smallest absolute Gasteiger partial charge is 0.326 e. The first-order valence-corrected chi connectivity index (χ1v) is 10.00. The summed E-state index contributed by atoms with van der Waals surface area (Å²) in [5.41, 5.74) is 2.79. The van der Waals surface area contributed by atoms with Gasteiger partial charge in [0.2, 0.25) is 11.7 Å². The monoisotopic (exact) mass is 388 g/mol. The van der Waals surface area contributed by atoms with Crippen molar-refractivity contribution in [3.63, 3.8) is 0 Å². The van der Waals surface area contributed by atoms with Gasteiger partial charge in [0.05, 0.1) is 12.1 Å². The maximum atomic E-state index is 12.7. The van der Waals surface area contributed by atoms with Crippen molar-refractivity contribution in [1.82, 2.24) is 9.88 Å². The minimum Gasteiger partial charge on any atom is -0.480 e. The van der Waals surface area contributed by atoms with Crippen LogP contribution in [0.25, 0.3) is 0 Å². The molecule has 27 heavy (non-hydrogen) atoms. The van der Waals surface area contributed by atoms with E-state index >= 15 is 0 Å². The maximum Gasteiger partial charge on any atom is 0.326 e. The minimum absolute atomic E-state index is 0.0146. The van der Waals surface area contributed by atoms with E-state index in [4.69, 9.17) is 0 Å². The molecule has 0 spiro atoms. The van der Waals surface area contributed by atoms with Crippen LogP contribution in [0.5, 0.6) is 0 Å². The van der Waals surface area contributed by atoms with Gasteiger partial charge in [-0.1, -0.05) is 29.8 Å². The third-order valence-electron chi connectivity index (χ3n) is 4.36. The number of aromatic nitrogens is 1. The van der Waals surface area contributed by atoms with Crippen LogP contribution < -0.4 is 5.32 Å². The van der Waals surface area contributed by atoms with Crippen LogP contribution >= 0.6 is 11.8 Å². The summed E-state index contributed by atoms with van der Waals surface area (Å²) in [4.78, 5) is 36.2. The lowest BCUT2D eigenvalue weighted by Crippen LogP contribution is -2.42. The Hall–Kier alpha value is -2.54. The molecule has 1 amide bonds. The van der Waals surface area contributed by atoms with E-state index in [0.29, 0.717) is 29.1 Å². The van der Waals surface area contributed by atoms with Crippen molar-refractivity contribution in [3.8, 4) is 0 Å². The molecule has 1 atom stereocenters. The molecule has 2 rings (SSSR count). The van der Waals surface area contributed by atoms with E-state index in [0.717, 1.165) is 5.56 Å². The molecule has 6 nitrogen and oxygen atoms in total. The van der Waals surface area contributed by atoms with Gasteiger partial charge in [0, 0.05) is 18.3 Å². The zero-order valence-corrected chi connectivity index (χ0v) is 16.5. The lowest BCUT2D eigenvalue weighted by Gasteiger charge is -2.14. The van der Waals surface area contributed by atoms with Crippen molar-refractivity contribution in [1.29, 1.82) is 0 Å². The predicted octanol–water partition coefficient (Wildman–Crippen LogP) is 2.43. The Bertz CT molecular complexity index is 827. The topological polar surface area (TPSA) is 88.4 Å². The molecule has 1 heterocycles. The first-order chi connectivity index (χ1) is 12.8. The minimum atomic E-state index is -1.04. The number of carboxylic acid groups (broad SMARTS) is 1. The standard InChI is InChI=1S/C20H24N2O4S/c1-13-4-6-14(7-5-13)19(24)17-9-8-15(22(17)2)12-18(23)21-16(20(25)26)10-11-27-3/h4-9,16H,10-12H2,1-3H3,(H,21,23)(H,25,26)/t16-/m0/s1. The van der Waals surface area contributed by atoms with Crippen LogP contribution in [0, 0.1) is 6.92 Å². The molecule has 0 aliphatic heterocycles. The van der Waals surface area contributed by atoms with E-state index in [-0.39, 0.29) is 18.1 Å². The second-order valence-corrected chi connectivity index (χ2v) is 7.37. The first-order valence-electron chi connectivity index (χ1n) is 8.60. The quantitative estimate of drug-likeness (QED) is 0.644. The Morgan fingerprint density at radius 3 is 2.41 bits per heavy atom. The highest BCUT2D eigenvalue weighted by Gasteiger charge is 2.21. The van der Waals surface area contributed by atoms with Gasteiger partial charge < -0.3 is 15.0 Å². The van der Waals surface area contributed by atoms with Gasteiger partial charge in [0.25, 0.3) is 0 Å². The number of aliphatic carboxylic acids is 1. The Kier molecular flexibility index (Phi) is 7.24. The van der Waals surface area contributed by atoms with Gasteiger partial charge >= 0.3 is 5.97 Å². The van der Waals surface area contributed by atoms with Crippen molar-refractivity contribution < 1.29 is 19.5 Å². The molecule has 0 fully saturated rings. The summed E-state index contributed by atoms with van der Waals surface area (Å²) in [6.45, 7) is 1.96. The van der Waals surface area contributed by atoms with E-state index in [1.54, 1.807) is 35.9 Å².